The molecule has 1 amide bonds. The number of nitrogens with one attached hydrogen (secondary N) is 1. The first kappa shape index (κ1) is 16.4. The molecule has 0 aromatic carbocycles. The van der Waals surface area contributed by atoms with Crippen LogP contribution >= 0.6 is 17.2 Å². The molecule has 0 aromatic rings. The first-order chi connectivity index (χ1) is 10.5. The van der Waals surface area contributed by atoms with Gasteiger partial charge in [-0.3, -0.25) is 4.79 Å². The smallest absolute Gasteiger partial charge is 0.339 e. The molecule has 5 nitrogen and oxygen atoms in total. The second-order valence-electron chi connectivity index (χ2n) is 6.63. The van der Waals surface area contributed by atoms with Gasteiger partial charge in [0.15, 0.2) is 5.60 Å². The van der Waals surface area contributed by atoms with E-state index in [1.54, 1.807) is 6.92 Å². The lowest BCUT2D eigenvalue weighted by Crippen LogP contribution is -2.80. The molecule has 122 valence electrons. The van der Waals surface area contributed by atoms with E-state index in [-0.39, 0.29) is 26.0 Å². The van der Waals surface area contributed by atoms with Gasteiger partial charge in [0.1, 0.15) is 0 Å². The lowest BCUT2D eigenvalue weighted by Gasteiger charge is -2.54. The number of ether oxygens (including phenoxy) is 1. The lowest BCUT2D eigenvalue weighted by atomic mass is 9.64. The summed E-state index contributed by atoms with van der Waals surface area (Å²) in [6.45, 7) is 1.80. The molecule has 0 spiro atoms. The number of hydrogen-bond acceptors (Lipinski definition) is 4. The minimum atomic E-state index is -1.27. The molecule has 3 aliphatic rings. The number of allylic oxidation sites excluding steroid dienone is 1. The summed E-state index contributed by atoms with van der Waals surface area (Å²) >= 11 is 0. The van der Waals surface area contributed by atoms with E-state index in [9.17, 15) is 14.7 Å². The molecule has 2 unspecified atom stereocenters. The quantitative estimate of drug-likeness (QED) is 0.445. The molecule has 7 atom stereocenters. The normalized spacial score (nSPS) is 42.0. The van der Waals surface area contributed by atoms with E-state index < -0.39 is 23.2 Å². The number of hydrogen-bond donors (Lipinski definition) is 2. The summed E-state index contributed by atoms with van der Waals surface area (Å²) in [6, 6.07) is 0. The van der Waals surface area contributed by atoms with Gasteiger partial charge in [0.2, 0.25) is 11.4 Å². The molecule has 22 heavy (non-hydrogen) atoms. The minimum absolute atomic E-state index is 0.104. The van der Waals surface area contributed by atoms with Gasteiger partial charge in [0, 0.05) is 23.1 Å². The highest BCUT2D eigenvalue weighted by molar-refractivity contribution is 8.02. The Kier molecular flexibility index (Phi) is 4.35. The van der Waals surface area contributed by atoms with Crippen molar-refractivity contribution in [2.45, 2.75) is 49.9 Å². The van der Waals surface area contributed by atoms with E-state index in [0.29, 0.717) is 6.42 Å². The van der Waals surface area contributed by atoms with Gasteiger partial charge in [0.05, 0.1) is 18.2 Å². The SMILES string of the molecule is C[C@@]12OC(=O)[C@]1([C@@H](O)[C@@H]1C=CCCC1)NC(=O)[C@@H]2CC[PH2+]P. The molecule has 0 bridgehead atoms. The topological polar surface area (TPSA) is 75.6 Å². The fraction of sp³-hybridized carbons (Fsp3) is 0.733. The van der Waals surface area contributed by atoms with Gasteiger partial charge in [-0.2, -0.15) is 0 Å². The lowest BCUT2D eigenvalue weighted by molar-refractivity contribution is -0.238. The number of carbonyl (C=O) groups is 2. The van der Waals surface area contributed by atoms with Gasteiger partial charge < -0.3 is 15.2 Å². The van der Waals surface area contributed by atoms with Crippen LogP contribution in [0.25, 0.3) is 0 Å². The molecular weight excluding hydrogens is 320 g/mol. The Morgan fingerprint density at radius 3 is 2.95 bits per heavy atom. The second-order valence-corrected chi connectivity index (χ2v) is 9.09. The fourth-order valence-electron chi connectivity index (χ4n) is 4.14. The third-order valence-electron chi connectivity index (χ3n) is 5.47. The van der Waals surface area contributed by atoms with Crippen molar-refractivity contribution in [2.75, 3.05) is 6.16 Å². The van der Waals surface area contributed by atoms with Crippen LogP contribution in [-0.2, 0) is 14.3 Å². The summed E-state index contributed by atoms with van der Waals surface area (Å²) < 4.78 is 5.44. The average molecular weight is 344 g/mol. The molecule has 2 N–H and O–H groups in total. The van der Waals surface area contributed by atoms with E-state index in [2.05, 4.69) is 14.2 Å². The predicted octanol–water partition coefficient (Wildman–Crippen LogP) is 1.09. The van der Waals surface area contributed by atoms with Crippen molar-refractivity contribution < 1.29 is 19.4 Å². The minimum Gasteiger partial charge on any atom is -0.453 e. The average Bonchev–Trinajstić information content (AvgIpc) is 2.69. The molecule has 2 aliphatic heterocycles. The highest BCUT2D eigenvalue weighted by Crippen LogP contribution is 2.53. The Morgan fingerprint density at radius 1 is 1.59 bits per heavy atom. The number of fused-ring (bicyclic) bond motifs is 1. The Hall–Kier alpha value is -0.500. The van der Waals surface area contributed by atoms with Crippen LogP contribution in [0.15, 0.2) is 12.2 Å². The predicted molar refractivity (Wildman–Crippen MR) is 90.3 cm³/mol. The molecule has 0 aromatic heterocycles. The van der Waals surface area contributed by atoms with Crippen LogP contribution in [0.3, 0.4) is 0 Å². The number of carbonyl (C=O) groups excluding carboxylic acids is 2. The van der Waals surface area contributed by atoms with E-state index in [4.69, 9.17) is 4.74 Å². The summed E-state index contributed by atoms with van der Waals surface area (Å²) in [5.41, 5.74) is -2.19. The van der Waals surface area contributed by atoms with Crippen molar-refractivity contribution in [3.8, 4) is 0 Å². The summed E-state index contributed by atoms with van der Waals surface area (Å²) in [5, 5.41) is 13.7. The summed E-state index contributed by atoms with van der Waals surface area (Å²) in [4.78, 5) is 24.7. The number of aliphatic hydroxyl groups excluding tert-OH is 1. The van der Waals surface area contributed by atoms with Crippen molar-refractivity contribution in [1.82, 2.24) is 5.32 Å². The Bertz CT molecular complexity index is 526. The molecular formula is C15H24NO4P2+. The molecule has 2 saturated heterocycles. The first-order valence-corrected chi connectivity index (χ1v) is 11.4. The van der Waals surface area contributed by atoms with E-state index in [1.807, 2.05) is 12.2 Å². The van der Waals surface area contributed by atoms with Crippen LogP contribution in [0.4, 0.5) is 0 Å². The third-order valence-corrected chi connectivity index (χ3v) is 7.14. The number of amides is 1. The highest BCUT2D eigenvalue weighted by atomic mass is 32.0. The fourth-order valence-corrected chi connectivity index (χ4v) is 5.25. The van der Waals surface area contributed by atoms with E-state index in [0.717, 1.165) is 25.4 Å². The third kappa shape index (κ3) is 2.09. The molecule has 0 saturated carbocycles. The van der Waals surface area contributed by atoms with E-state index in [1.165, 1.54) is 0 Å². The van der Waals surface area contributed by atoms with Crippen LogP contribution in [-0.4, -0.2) is 40.4 Å². The van der Waals surface area contributed by atoms with Gasteiger partial charge in [0.25, 0.3) is 0 Å². The van der Waals surface area contributed by atoms with Gasteiger partial charge in [-0.15, -0.1) is 0 Å². The van der Waals surface area contributed by atoms with Gasteiger partial charge in [-0.1, -0.05) is 12.2 Å². The number of rotatable bonds is 5. The van der Waals surface area contributed by atoms with Gasteiger partial charge in [-0.05, 0) is 32.6 Å². The zero-order valence-corrected chi connectivity index (χ0v) is 15.1. The Labute approximate surface area is 134 Å². The molecule has 0 radical (unpaired) electrons. The maximum atomic E-state index is 12.4. The monoisotopic (exact) mass is 344 g/mol. The Morgan fingerprint density at radius 2 is 2.36 bits per heavy atom. The molecule has 7 heteroatoms. The molecule has 2 heterocycles. The number of esters is 1. The van der Waals surface area contributed by atoms with Crippen LogP contribution in [0.2, 0.25) is 0 Å². The first-order valence-electron chi connectivity index (χ1n) is 7.91. The summed E-state index contributed by atoms with van der Waals surface area (Å²) in [5.74, 6) is -1.12. The maximum Gasteiger partial charge on any atom is 0.339 e. The largest absolute Gasteiger partial charge is 0.453 e. The Balaban J connectivity index is 1.90. The van der Waals surface area contributed by atoms with Crippen LogP contribution in [0, 0.1) is 11.8 Å². The summed E-state index contributed by atoms with van der Waals surface area (Å²) in [7, 11) is 2.95. The van der Waals surface area contributed by atoms with Crippen molar-refractivity contribution in [3.05, 3.63) is 12.2 Å². The zero-order chi connectivity index (χ0) is 16.0. The van der Waals surface area contributed by atoms with Crippen LogP contribution in [0.1, 0.15) is 32.6 Å². The van der Waals surface area contributed by atoms with Crippen LogP contribution in [0.5, 0.6) is 0 Å². The van der Waals surface area contributed by atoms with Gasteiger partial charge in [-0.25, -0.2) is 4.79 Å². The molecule has 2 fully saturated rings. The van der Waals surface area contributed by atoms with Crippen molar-refractivity contribution in [3.63, 3.8) is 0 Å². The maximum absolute atomic E-state index is 12.4. The van der Waals surface area contributed by atoms with Crippen molar-refractivity contribution in [1.29, 1.82) is 0 Å². The van der Waals surface area contributed by atoms with E-state index >= 15 is 0 Å². The van der Waals surface area contributed by atoms with Crippen molar-refractivity contribution >= 4 is 29.1 Å². The molecule has 1 aliphatic carbocycles. The second kappa shape index (κ2) is 5.85. The zero-order valence-electron chi connectivity index (χ0n) is 12.7. The summed E-state index contributed by atoms with van der Waals surface area (Å²) in [6.07, 6.45) is 7.57. The highest BCUT2D eigenvalue weighted by Gasteiger charge is 2.79. The van der Waals surface area contributed by atoms with Crippen LogP contribution < -0.4 is 5.32 Å². The number of aliphatic hydroxyl groups is 1. The van der Waals surface area contributed by atoms with Crippen molar-refractivity contribution in [2.24, 2.45) is 11.8 Å². The molecule has 3 rings (SSSR count). The standard InChI is InChI=1S/C15H23NO4P2/c1-14-10(7-8-22-21)12(18)16-15(14,13(19)20-14)11(17)9-5-3-2-4-6-9/h3,5,9-11,17,22H,2,4,6-8,21H2,1H3,(H,16,18)/p+1/t9-,10+,11+,14+,15+/m1/s1. The van der Waals surface area contributed by atoms with Gasteiger partial charge >= 0.3 is 5.97 Å².